The van der Waals surface area contributed by atoms with E-state index in [1.165, 1.54) is 7.11 Å². The van der Waals surface area contributed by atoms with Crippen molar-refractivity contribution < 1.29 is 28.5 Å². The summed E-state index contributed by atoms with van der Waals surface area (Å²) in [5, 5.41) is 0. The van der Waals surface area contributed by atoms with Crippen molar-refractivity contribution in [3.63, 3.8) is 0 Å². The summed E-state index contributed by atoms with van der Waals surface area (Å²) in [6, 6.07) is 10.4. The summed E-state index contributed by atoms with van der Waals surface area (Å²) in [4.78, 5) is 29.6. The highest BCUT2D eigenvalue weighted by molar-refractivity contribution is 5.98. The largest absolute Gasteiger partial charge is 0.497 e. The lowest BCUT2D eigenvalue weighted by Gasteiger charge is -2.35. The van der Waals surface area contributed by atoms with Gasteiger partial charge >= 0.3 is 0 Å². The molecule has 33 heavy (non-hydrogen) atoms. The van der Waals surface area contributed by atoms with E-state index in [1.807, 2.05) is 0 Å². The number of nitrogens with zero attached hydrogens (tertiary/aromatic N) is 2. The fraction of sp³-hybridized carbons (Fsp3) is 0.440. The molecule has 0 bridgehead atoms. The van der Waals surface area contributed by atoms with Gasteiger partial charge in [-0.25, -0.2) is 0 Å². The number of hydrogen-bond donors (Lipinski definition) is 0. The molecule has 178 valence electrons. The molecule has 0 aromatic heterocycles. The van der Waals surface area contributed by atoms with Crippen molar-refractivity contribution in [2.45, 2.75) is 19.8 Å². The summed E-state index contributed by atoms with van der Waals surface area (Å²) in [6.45, 7) is 4.47. The van der Waals surface area contributed by atoms with Gasteiger partial charge in [-0.1, -0.05) is 13.3 Å². The third kappa shape index (κ3) is 5.69. The van der Waals surface area contributed by atoms with E-state index in [4.69, 9.17) is 18.9 Å². The van der Waals surface area contributed by atoms with Gasteiger partial charge in [0.1, 0.15) is 11.5 Å². The monoisotopic (exact) mass is 456 g/mol. The van der Waals surface area contributed by atoms with Gasteiger partial charge in [-0.15, -0.1) is 0 Å². The van der Waals surface area contributed by atoms with Crippen LogP contribution < -0.4 is 18.9 Å². The number of carbonyl (C=O) groups excluding carboxylic acids is 2. The van der Waals surface area contributed by atoms with Crippen LogP contribution in [0.5, 0.6) is 23.0 Å². The van der Waals surface area contributed by atoms with Gasteiger partial charge < -0.3 is 28.7 Å². The fourth-order valence-corrected chi connectivity index (χ4v) is 3.69. The SMILES string of the molecule is CCCCOc1ccc(C(=O)N2CCN(C(=O)c3ccc(OC)cc3OC)CC2)cc1OC. The molecule has 8 nitrogen and oxygen atoms in total. The first-order chi connectivity index (χ1) is 16.0. The molecule has 0 radical (unpaired) electrons. The molecule has 0 spiro atoms. The molecule has 0 N–H and O–H groups in total. The number of carbonyl (C=O) groups is 2. The fourth-order valence-electron chi connectivity index (χ4n) is 3.69. The Morgan fingerprint density at radius 3 is 2.06 bits per heavy atom. The van der Waals surface area contributed by atoms with Crippen LogP contribution in [0.3, 0.4) is 0 Å². The molecule has 1 heterocycles. The minimum atomic E-state index is -0.128. The highest BCUT2D eigenvalue weighted by Crippen LogP contribution is 2.29. The molecule has 1 fully saturated rings. The average molecular weight is 457 g/mol. The highest BCUT2D eigenvalue weighted by Gasteiger charge is 2.27. The summed E-state index contributed by atoms with van der Waals surface area (Å²) in [5.74, 6) is 2.03. The molecule has 8 heteroatoms. The van der Waals surface area contributed by atoms with Gasteiger partial charge in [-0.2, -0.15) is 0 Å². The molecule has 2 amide bonds. The van der Waals surface area contributed by atoms with E-state index in [-0.39, 0.29) is 11.8 Å². The van der Waals surface area contributed by atoms with Crippen LogP contribution in [0.15, 0.2) is 36.4 Å². The van der Waals surface area contributed by atoms with Crippen LogP contribution in [0, 0.1) is 0 Å². The Hall–Kier alpha value is -3.42. The standard InChI is InChI=1S/C25H32N2O6/c1-5-6-15-33-21-10-7-18(16-23(21)32-4)24(28)26-11-13-27(14-12-26)25(29)20-9-8-19(30-2)17-22(20)31-3/h7-10,16-17H,5-6,11-15H2,1-4H3. The molecule has 1 aliphatic heterocycles. The maximum Gasteiger partial charge on any atom is 0.257 e. The average Bonchev–Trinajstić information content (AvgIpc) is 2.87. The summed E-state index contributed by atoms with van der Waals surface area (Å²) < 4.78 is 21.7. The maximum absolute atomic E-state index is 13.0. The molecule has 0 aliphatic carbocycles. The molecule has 2 aromatic rings. The Balaban J connectivity index is 1.63. The van der Waals surface area contributed by atoms with Gasteiger partial charge in [-0.05, 0) is 36.8 Å². The van der Waals surface area contributed by atoms with Crippen LogP contribution in [-0.2, 0) is 0 Å². The van der Waals surface area contributed by atoms with Crippen LogP contribution in [0.25, 0.3) is 0 Å². The van der Waals surface area contributed by atoms with E-state index >= 15 is 0 Å². The molecule has 0 atom stereocenters. The molecule has 2 aromatic carbocycles. The smallest absolute Gasteiger partial charge is 0.257 e. The quantitative estimate of drug-likeness (QED) is 0.538. The van der Waals surface area contributed by atoms with Crippen LogP contribution in [0.1, 0.15) is 40.5 Å². The molecular formula is C25H32N2O6. The Labute approximate surface area is 195 Å². The number of benzene rings is 2. The van der Waals surface area contributed by atoms with E-state index in [0.717, 1.165) is 12.8 Å². The Bertz CT molecular complexity index is 969. The van der Waals surface area contributed by atoms with E-state index < -0.39 is 0 Å². The normalized spacial score (nSPS) is 13.5. The second-order valence-electron chi connectivity index (χ2n) is 7.72. The summed E-state index contributed by atoms with van der Waals surface area (Å²) >= 11 is 0. The maximum atomic E-state index is 13.0. The zero-order chi connectivity index (χ0) is 23.8. The minimum absolute atomic E-state index is 0.0949. The molecule has 3 rings (SSSR count). The number of hydrogen-bond acceptors (Lipinski definition) is 6. The predicted molar refractivity (Wildman–Crippen MR) is 125 cm³/mol. The van der Waals surface area contributed by atoms with Crippen LogP contribution >= 0.6 is 0 Å². The zero-order valence-corrected chi connectivity index (χ0v) is 19.8. The minimum Gasteiger partial charge on any atom is -0.497 e. The Morgan fingerprint density at radius 2 is 1.45 bits per heavy atom. The van der Waals surface area contributed by atoms with E-state index in [9.17, 15) is 9.59 Å². The summed E-state index contributed by atoms with van der Waals surface area (Å²) in [5.41, 5.74) is 1.01. The molecule has 0 saturated carbocycles. The summed E-state index contributed by atoms with van der Waals surface area (Å²) in [7, 11) is 4.65. The van der Waals surface area contributed by atoms with Gasteiger partial charge in [0, 0.05) is 37.8 Å². The van der Waals surface area contributed by atoms with Crippen LogP contribution in [0.4, 0.5) is 0 Å². The number of ether oxygens (including phenoxy) is 4. The lowest BCUT2D eigenvalue weighted by molar-refractivity contribution is 0.0533. The lowest BCUT2D eigenvalue weighted by atomic mass is 10.1. The Kier molecular flexibility index (Phi) is 8.40. The molecule has 1 aliphatic rings. The first-order valence-corrected chi connectivity index (χ1v) is 11.1. The van der Waals surface area contributed by atoms with Crippen molar-refractivity contribution in [1.29, 1.82) is 0 Å². The van der Waals surface area contributed by atoms with Crippen molar-refractivity contribution in [3.05, 3.63) is 47.5 Å². The van der Waals surface area contributed by atoms with Gasteiger partial charge in [-0.3, -0.25) is 9.59 Å². The number of piperazine rings is 1. The van der Waals surface area contributed by atoms with E-state index in [1.54, 1.807) is 60.4 Å². The predicted octanol–water partition coefficient (Wildman–Crippen LogP) is 3.49. The number of methoxy groups -OCH3 is 3. The highest BCUT2D eigenvalue weighted by atomic mass is 16.5. The molecule has 0 unspecified atom stereocenters. The number of rotatable bonds is 9. The first kappa shape index (κ1) is 24.2. The number of unbranched alkanes of at least 4 members (excludes halogenated alkanes) is 1. The van der Waals surface area contributed by atoms with Gasteiger partial charge in [0.2, 0.25) is 0 Å². The Morgan fingerprint density at radius 1 is 0.788 bits per heavy atom. The van der Waals surface area contributed by atoms with Gasteiger partial charge in [0.05, 0.1) is 33.5 Å². The molecular weight excluding hydrogens is 424 g/mol. The second-order valence-corrected chi connectivity index (χ2v) is 7.72. The van der Waals surface area contributed by atoms with Crippen molar-refractivity contribution in [1.82, 2.24) is 9.80 Å². The third-order valence-electron chi connectivity index (χ3n) is 5.66. The van der Waals surface area contributed by atoms with Crippen molar-refractivity contribution in [3.8, 4) is 23.0 Å². The summed E-state index contributed by atoms with van der Waals surface area (Å²) in [6.07, 6.45) is 1.99. The van der Waals surface area contributed by atoms with Crippen molar-refractivity contribution in [2.75, 3.05) is 54.1 Å². The van der Waals surface area contributed by atoms with Crippen molar-refractivity contribution >= 4 is 11.8 Å². The topological polar surface area (TPSA) is 77.5 Å². The van der Waals surface area contributed by atoms with Crippen LogP contribution in [0.2, 0.25) is 0 Å². The van der Waals surface area contributed by atoms with Crippen LogP contribution in [-0.4, -0.2) is 75.7 Å². The number of amides is 2. The lowest BCUT2D eigenvalue weighted by Crippen LogP contribution is -2.50. The molecule has 1 saturated heterocycles. The van der Waals surface area contributed by atoms with E-state index in [2.05, 4.69) is 6.92 Å². The second kappa shape index (κ2) is 11.4. The van der Waals surface area contributed by atoms with E-state index in [0.29, 0.717) is 66.9 Å². The third-order valence-corrected chi connectivity index (χ3v) is 5.66. The van der Waals surface area contributed by atoms with Crippen molar-refractivity contribution in [2.24, 2.45) is 0 Å². The zero-order valence-electron chi connectivity index (χ0n) is 19.8. The first-order valence-electron chi connectivity index (χ1n) is 11.1. The van der Waals surface area contributed by atoms with Gasteiger partial charge in [0.25, 0.3) is 11.8 Å². The van der Waals surface area contributed by atoms with Gasteiger partial charge in [0.15, 0.2) is 11.5 Å².